The van der Waals surface area contributed by atoms with Crippen molar-refractivity contribution in [3.63, 3.8) is 0 Å². The molecule has 0 fully saturated rings. The Kier molecular flexibility index (Phi) is 9.45. The number of hydrogen-bond donors (Lipinski definition) is 1. The van der Waals surface area contributed by atoms with Crippen LogP contribution < -0.4 is 0 Å². The second-order valence-electron chi connectivity index (χ2n) is 8.49. The summed E-state index contributed by atoms with van der Waals surface area (Å²) < 4.78 is 42.5. The number of benzene rings is 1. The molecule has 1 aromatic carbocycles. The molecule has 0 aliphatic rings. The Morgan fingerprint density at radius 1 is 0.889 bits per heavy atom. The van der Waals surface area contributed by atoms with E-state index in [1.165, 1.54) is 6.07 Å². The van der Waals surface area contributed by atoms with Crippen LogP contribution in [0.25, 0.3) is 0 Å². The maximum atomic E-state index is 12.2. The predicted molar refractivity (Wildman–Crippen MR) is 104 cm³/mol. The molecule has 0 spiro atoms. The first-order valence-electron chi connectivity index (χ1n) is 8.05. The average Bonchev–Trinajstić information content (AvgIpc) is 2.47. The Balaban J connectivity index is -0.00000225. The molecule has 0 heterocycles. The Bertz CT molecular complexity index is 749. The Hall–Kier alpha value is -0.670. The Labute approximate surface area is 193 Å². The van der Waals surface area contributed by atoms with E-state index in [2.05, 4.69) is 0 Å². The first kappa shape index (κ1) is 26.3. The molecule has 150 valence electrons. The normalized spacial score (nSPS) is 12.1. The first-order valence-corrected chi connectivity index (χ1v) is 9.49. The quantitative estimate of drug-likeness (QED) is 0.436. The number of hydrogen-bond acceptors (Lipinski definition) is 6. The molecule has 1 aromatic rings. The Morgan fingerprint density at radius 3 is 1.48 bits per heavy atom. The van der Waals surface area contributed by atoms with Gasteiger partial charge in [-0.05, 0) is 29.0 Å². The molecular weight excluding hydrogens is 400 g/mol. The van der Waals surface area contributed by atoms with Crippen LogP contribution in [0.1, 0.15) is 65.1 Å². The minimum absolute atomic E-state index is 0. The van der Waals surface area contributed by atoms with Crippen LogP contribution in [0.3, 0.4) is 0 Å². The molecule has 27 heavy (non-hydrogen) atoms. The second-order valence-corrected chi connectivity index (χ2v) is 9.92. The summed E-state index contributed by atoms with van der Waals surface area (Å²) in [5, 5.41) is 0. The maximum Gasteiger partial charge on any atom is 2.00 e. The Morgan fingerprint density at radius 2 is 1.22 bits per heavy atom. The summed E-state index contributed by atoms with van der Waals surface area (Å²) in [6.07, 6.45) is 0. The molecule has 0 saturated heterocycles. The first-order chi connectivity index (χ1) is 11.6. The maximum absolute atomic E-state index is 12.2. The van der Waals surface area contributed by atoms with Crippen LogP contribution in [0.2, 0.25) is 0 Å². The molecule has 0 radical (unpaired) electrons. The van der Waals surface area contributed by atoms with Crippen LogP contribution >= 0.6 is 0 Å². The zero-order valence-corrected chi connectivity index (χ0v) is 19.7. The summed E-state index contributed by atoms with van der Waals surface area (Å²) in [5.41, 5.74) is -0.894. The van der Waals surface area contributed by atoms with Crippen LogP contribution in [-0.2, 0) is 19.6 Å². The van der Waals surface area contributed by atoms with E-state index in [0.717, 1.165) is 12.1 Å². The van der Waals surface area contributed by atoms with E-state index in [1.807, 2.05) is 41.5 Å². The van der Waals surface area contributed by atoms with Gasteiger partial charge in [0.05, 0.1) is 29.2 Å². The molecule has 0 aliphatic heterocycles. The van der Waals surface area contributed by atoms with Gasteiger partial charge in [0, 0.05) is 0 Å². The van der Waals surface area contributed by atoms with Crippen molar-refractivity contribution in [3.05, 3.63) is 29.3 Å². The number of ether oxygens (including phenoxy) is 2. The molecular formula is C18H28CaO7S. The van der Waals surface area contributed by atoms with Crippen LogP contribution in [0.4, 0.5) is 0 Å². The summed E-state index contributed by atoms with van der Waals surface area (Å²) in [6, 6.07) is 3.10. The van der Waals surface area contributed by atoms with Gasteiger partial charge in [-0.1, -0.05) is 41.5 Å². The molecule has 0 unspecified atom stereocenters. The fraction of sp³-hybridized carbons (Fsp3) is 0.556. The van der Waals surface area contributed by atoms with Crippen molar-refractivity contribution >= 4 is 59.8 Å². The van der Waals surface area contributed by atoms with Gasteiger partial charge in [0.15, 0.2) is 0 Å². The summed E-state index contributed by atoms with van der Waals surface area (Å²) in [6.45, 7) is 11.4. The van der Waals surface area contributed by atoms with E-state index in [0.29, 0.717) is 0 Å². The van der Waals surface area contributed by atoms with E-state index in [-0.39, 0.29) is 75.8 Å². The van der Waals surface area contributed by atoms with Gasteiger partial charge in [0.2, 0.25) is 0 Å². The molecule has 9 heteroatoms. The van der Waals surface area contributed by atoms with Crippen LogP contribution in [0.15, 0.2) is 23.1 Å². The van der Waals surface area contributed by atoms with Gasteiger partial charge >= 0.3 is 49.7 Å². The SMILES string of the molecule is CC(C)(C)COC(=O)c1cc(C(=O)OCC(C)(C)C)cc(S(=O)(=O)O)c1.[Ca+2].[H-].[H-]. The number of carbonyl (C=O) groups excluding carboxylic acids is 2. The van der Waals surface area contributed by atoms with Crippen LogP contribution in [-0.4, -0.2) is 75.9 Å². The van der Waals surface area contributed by atoms with Gasteiger partial charge in [-0.15, -0.1) is 0 Å². The van der Waals surface area contributed by atoms with Gasteiger partial charge < -0.3 is 12.3 Å². The summed E-state index contributed by atoms with van der Waals surface area (Å²) >= 11 is 0. The van der Waals surface area contributed by atoms with Crippen molar-refractivity contribution in [2.24, 2.45) is 10.8 Å². The van der Waals surface area contributed by atoms with Crippen LogP contribution in [0, 0.1) is 10.8 Å². The largest absolute Gasteiger partial charge is 2.00 e. The third-order valence-electron chi connectivity index (χ3n) is 2.95. The van der Waals surface area contributed by atoms with Crippen molar-refractivity contribution in [2.45, 2.75) is 46.4 Å². The van der Waals surface area contributed by atoms with Crippen molar-refractivity contribution < 1.29 is 34.9 Å². The summed E-state index contributed by atoms with van der Waals surface area (Å²) in [7, 11) is -4.62. The van der Waals surface area contributed by atoms with Gasteiger partial charge in [-0.25, -0.2) is 9.59 Å². The van der Waals surface area contributed by atoms with Crippen molar-refractivity contribution in [3.8, 4) is 0 Å². The monoisotopic (exact) mass is 428 g/mol. The predicted octanol–water partition coefficient (Wildman–Crippen LogP) is 3.18. The summed E-state index contributed by atoms with van der Waals surface area (Å²) in [5.74, 6) is -1.59. The van der Waals surface area contributed by atoms with Gasteiger partial charge in [0.25, 0.3) is 10.1 Å². The molecule has 1 rings (SSSR count). The minimum atomic E-state index is -4.62. The molecule has 0 atom stereocenters. The van der Waals surface area contributed by atoms with E-state index >= 15 is 0 Å². The smallest absolute Gasteiger partial charge is 1.00 e. The third kappa shape index (κ3) is 9.89. The van der Waals surface area contributed by atoms with Gasteiger partial charge in [-0.3, -0.25) is 4.55 Å². The minimum Gasteiger partial charge on any atom is -1.00 e. The van der Waals surface area contributed by atoms with Crippen LogP contribution in [0.5, 0.6) is 0 Å². The number of esters is 2. The topological polar surface area (TPSA) is 107 Å². The fourth-order valence-electron chi connectivity index (χ4n) is 1.71. The number of rotatable bonds is 5. The van der Waals surface area contributed by atoms with E-state index in [9.17, 15) is 22.6 Å². The molecule has 0 aromatic heterocycles. The molecule has 0 aliphatic carbocycles. The van der Waals surface area contributed by atoms with Gasteiger partial charge in [0.1, 0.15) is 0 Å². The van der Waals surface area contributed by atoms with Crippen molar-refractivity contribution in [1.82, 2.24) is 0 Å². The van der Waals surface area contributed by atoms with Crippen molar-refractivity contribution in [2.75, 3.05) is 13.2 Å². The van der Waals surface area contributed by atoms with E-state index < -0.39 is 27.0 Å². The molecule has 0 saturated carbocycles. The molecule has 0 bridgehead atoms. The third-order valence-corrected chi connectivity index (χ3v) is 3.78. The average molecular weight is 429 g/mol. The second kappa shape index (κ2) is 9.69. The van der Waals surface area contributed by atoms with Gasteiger partial charge in [-0.2, -0.15) is 8.42 Å². The van der Waals surface area contributed by atoms with E-state index in [4.69, 9.17) is 9.47 Å². The number of carbonyl (C=O) groups is 2. The zero-order chi connectivity index (χ0) is 20.3. The van der Waals surface area contributed by atoms with E-state index in [1.54, 1.807) is 0 Å². The standard InChI is InChI=1S/C18H26O7S.Ca.2H/c1-17(2,3)10-24-15(19)12-7-13(9-14(8-12)26(21,22)23)16(20)25-11-18(4,5)6;;;/h7-9H,10-11H2,1-6H3,(H,21,22,23);;;/q;+2;2*-1. The summed E-state index contributed by atoms with van der Waals surface area (Å²) in [4.78, 5) is 23.8. The van der Waals surface area contributed by atoms with Crippen molar-refractivity contribution in [1.29, 1.82) is 0 Å². The zero-order valence-electron chi connectivity index (χ0n) is 18.7. The molecule has 0 amide bonds. The fourth-order valence-corrected chi connectivity index (χ4v) is 2.27. The molecule has 1 N–H and O–H groups in total. The molecule has 7 nitrogen and oxygen atoms in total.